The Hall–Kier alpha value is -1.30. The molecule has 0 aromatic rings. The lowest BCUT2D eigenvalue weighted by atomic mass is 9.99. The number of piperidine rings is 1. The van der Waals surface area contributed by atoms with Crippen LogP contribution in [0.2, 0.25) is 0 Å². The molecule has 0 aliphatic carbocycles. The number of carbonyl (C=O) groups is 2. The molecule has 2 aliphatic rings. The molecule has 2 N–H and O–H groups in total. The monoisotopic (exact) mass is 297 g/mol. The maximum absolute atomic E-state index is 12.2. The summed E-state index contributed by atoms with van der Waals surface area (Å²) in [6.07, 6.45) is 3.13. The van der Waals surface area contributed by atoms with Gasteiger partial charge in [0.05, 0.1) is 5.92 Å². The smallest absolute Gasteiger partial charge is 0.317 e. The summed E-state index contributed by atoms with van der Waals surface area (Å²) in [6, 6.07) is 0.129. The number of rotatable bonds is 4. The van der Waals surface area contributed by atoms with Gasteiger partial charge >= 0.3 is 12.0 Å². The topological polar surface area (TPSA) is 72.9 Å². The fourth-order valence-corrected chi connectivity index (χ4v) is 3.34. The van der Waals surface area contributed by atoms with Crippen LogP contribution in [0.15, 0.2) is 0 Å². The van der Waals surface area contributed by atoms with E-state index in [4.69, 9.17) is 5.11 Å². The van der Waals surface area contributed by atoms with Crippen LogP contribution in [0.1, 0.15) is 33.1 Å². The second kappa shape index (κ2) is 7.11. The highest BCUT2D eigenvalue weighted by Gasteiger charge is 2.37. The van der Waals surface area contributed by atoms with Crippen molar-refractivity contribution in [2.24, 2.45) is 11.8 Å². The Balaban J connectivity index is 1.77. The predicted molar refractivity (Wildman–Crippen MR) is 80.1 cm³/mol. The maximum atomic E-state index is 12.2. The van der Waals surface area contributed by atoms with Gasteiger partial charge in [-0.2, -0.15) is 0 Å². The zero-order valence-corrected chi connectivity index (χ0v) is 13.0. The van der Waals surface area contributed by atoms with Crippen molar-refractivity contribution in [1.29, 1.82) is 0 Å². The zero-order valence-electron chi connectivity index (χ0n) is 13.0. The Morgan fingerprint density at radius 2 is 1.90 bits per heavy atom. The van der Waals surface area contributed by atoms with Crippen LogP contribution in [0.25, 0.3) is 0 Å². The molecule has 0 bridgehead atoms. The quantitative estimate of drug-likeness (QED) is 0.818. The second-order valence-corrected chi connectivity index (χ2v) is 6.39. The lowest BCUT2D eigenvalue weighted by Gasteiger charge is -2.33. The first-order valence-corrected chi connectivity index (χ1v) is 8.01. The molecule has 0 aromatic heterocycles. The third-order valence-corrected chi connectivity index (χ3v) is 4.67. The fraction of sp³-hybridized carbons (Fsp3) is 0.867. The molecule has 0 saturated carbocycles. The molecule has 2 fully saturated rings. The van der Waals surface area contributed by atoms with Gasteiger partial charge in [0.1, 0.15) is 0 Å². The van der Waals surface area contributed by atoms with Crippen LogP contribution in [0.5, 0.6) is 0 Å². The fourth-order valence-electron chi connectivity index (χ4n) is 3.34. The number of likely N-dealkylation sites (tertiary alicyclic amines) is 2. The average molecular weight is 297 g/mol. The van der Waals surface area contributed by atoms with Crippen molar-refractivity contribution < 1.29 is 14.7 Å². The number of nitrogens with zero attached hydrogens (tertiary/aromatic N) is 2. The number of carboxylic acid groups (broad SMARTS) is 1. The minimum atomic E-state index is -0.800. The van der Waals surface area contributed by atoms with Gasteiger partial charge in [0.15, 0.2) is 0 Å². The van der Waals surface area contributed by atoms with Crippen molar-refractivity contribution in [3.05, 3.63) is 0 Å². The largest absolute Gasteiger partial charge is 0.481 e. The Morgan fingerprint density at radius 3 is 2.43 bits per heavy atom. The number of urea groups is 1. The van der Waals surface area contributed by atoms with Crippen LogP contribution in [0, 0.1) is 11.8 Å². The summed E-state index contributed by atoms with van der Waals surface area (Å²) in [5.41, 5.74) is 0. The molecule has 2 saturated heterocycles. The van der Waals surface area contributed by atoms with Crippen molar-refractivity contribution >= 4 is 12.0 Å². The third-order valence-electron chi connectivity index (χ3n) is 4.67. The number of amides is 2. The Morgan fingerprint density at radius 1 is 1.24 bits per heavy atom. The molecule has 120 valence electrons. The molecule has 6 heteroatoms. The standard InChI is InChI=1S/C15H27N3O3/c1-3-6-17-7-4-12(5-8-17)16-15(21)18-9-11(2)13(10-18)14(19)20/h11-13H,3-10H2,1-2H3,(H,16,21)(H,19,20)/t11-,13-/m1/s1. The number of carbonyl (C=O) groups excluding carboxylic acids is 1. The molecule has 0 radical (unpaired) electrons. The lowest BCUT2D eigenvalue weighted by molar-refractivity contribution is -0.142. The molecule has 6 nitrogen and oxygen atoms in total. The van der Waals surface area contributed by atoms with Gasteiger partial charge in [0.25, 0.3) is 0 Å². The number of nitrogens with one attached hydrogen (secondary N) is 1. The van der Waals surface area contributed by atoms with Gasteiger partial charge in [-0.15, -0.1) is 0 Å². The molecule has 0 unspecified atom stereocenters. The van der Waals surface area contributed by atoms with Crippen LogP contribution in [0.3, 0.4) is 0 Å². The maximum Gasteiger partial charge on any atom is 0.317 e. The van der Waals surface area contributed by atoms with E-state index in [-0.39, 0.29) is 18.0 Å². The van der Waals surface area contributed by atoms with E-state index in [0.29, 0.717) is 13.1 Å². The molecular formula is C15H27N3O3. The molecule has 0 spiro atoms. The van der Waals surface area contributed by atoms with E-state index in [1.807, 2.05) is 6.92 Å². The van der Waals surface area contributed by atoms with E-state index in [1.165, 1.54) is 6.42 Å². The second-order valence-electron chi connectivity index (χ2n) is 6.39. The van der Waals surface area contributed by atoms with E-state index in [0.717, 1.165) is 32.5 Å². The molecule has 0 aromatic carbocycles. The summed E-state index contributed by atoms with van der Waals surface area (Å²) in [6.45, 7) is 8.15. The van der Waals surface area contributed by atoms with Crippen molar-refractivity contribution in [3.8, 4) is 0 Å². The van der Waals surface area contributed by atoms with E-state index in [2.05, 4.69) is 17.1 Å². The summed E-state index contributed by atoms with van der Waals surface area (Å²) in [5, 5.41) is 12.2. The van der Waals surface area contributed by atoms with Crippen LogP contribution in [-0.2, 0) is 4.79 Å². The normalized spacial score (nSPS) is 27.8. The number of carboxylic acids is 1. The minimum absolute atomic E-state index is 0.0275. The van der Waals surface area contributed by atoms with Crippen molar-refractivity contribution in [2.45, 2.75) is 39.2 Å². The van der Waals surface area contributed by atoms with Crippen molar-refractivity contribution in [1.82, 2.24) is 15.1 Å². The first kappa shape index (κ1) is 16.1. The highest BCUT2D eigenvalue weighted by molar-refractivity contribution is 5.77. The van der Waals surface area contributed by atoms with Crippen LogP contribution in [-0.4, -0.2) is 65.7 Å². The van der Waals surface area contributed by atoms with Gasteiger partial charge in [-0.3, -0.25) is 4.79 Å². The van der Waals surface area contributed by atoms with E-state index >= 15 is 0 Å². The van der Waals surface area contributed by atoms with Crippen LogP contribution >= 0.6 is 0 Å². The van der Waals surface area contributed by atoms with Gasteiger partial charge in [-0.05, 0) is 31.7 Å². The van der Waals surface area contributed by atoms with Gasteiger partial charge in [-0.25, -0.2) is 4.79 Å². The van der Waals surface area contributed by atoms with Gasteiger partial charge in [0, 0.05) is 32.2 Å². The predicted octanol–water partition coefficient (Wildman–Crippen LogP) is 1.22. The molecule has 2 amide bonds. The van der Waals surface area contributed by atoms with Crippen LogP contribution < -0.4 is 5.32 Å². The summed E-state index contributed by atoms with van der Waals surface area (Å²) in [7, 11) is 0. The highest BCUT2D eigenvalue weighted by Crippen LogP contribution is 2.23. The van der Waals surface area contributed by atoms with Gasteiger partial charge < -0.3 is 20.2 Å². The number of aliphatic carboxylic acids is 1. The van der Waals surface area contributed by atoms with Crippen LogP contribution in [0.4, 0.5) is 4.79 Å². The SMILES string of the molecule is CCCN1CCC(NC(=O)N2C[C@@H](C)[C@H](C(=O)O)C2)CC1. The molecule has 2 atom stereocenters. The summed E-state index contributed by atoms with van der Waals surface area (Å²) < 4.78 is 0. The van der Waals surface area contributed by atoms with Gasteiger partial charge in [-0.1, -0.05) is 13.8 Å². The van der Waals surface area contributed by atoms with E-state index in [1.54, 1.807) is 4.90 Å². The van der Waals surface area contributed by atoms with Crippen molar-refractivity contribution in [2.75, 3.05) is 32.7 Å². The molecule has 21 heavy (non-hydrogen) atoms. The average Bonchev–Trinajstić information content (AvgIpc) is 2.84. The molecule has 2 heterocycles. The Bertz CT molecular complexity index is 380. The van der Waals surface area contributed by atoms with Crippen molar-refractivity contribution in [3.63, 3.8) is 0 Å². The summed E-state index contributed by atoms with van der Waals surface area (Å²) >= 11 is 0. The minimum Gasteiger partial charge on any atom is -0.481 e. The first-order chi connectivity index (χ1) is 10.0. The Labute approximate surface area is 126 Å². The van der Waals surface area contributed by atoms with E-state index in [9.17, 15) is 9.59 Å². The lowest BCUT2D eigenvalue weighted by Crippen LogP contribution is -2.49. The first-order valence-electron chi connectivity index (χ1n) is 8.01. The summed E-state index contributed by atoms with van der Waals surface area (Å²) in [4.78, 5) is 27.4. The number of hydrogen-bond acceptors (Lipinski definition) is 3. The molecular weight excluding hydrogens is 270 g/mol. The Kier molecular flexibility index (Phi) is 5.45. The zero-order chi connectivity index (χ0) is 15.4. The van der Waals surface area contributed by atoms with E-state index < -0.39 is 11.9 Å². The van der Waals surface area contributed by atoms with Gasteiger partial charge in [0.2, 0.25) is 0 Å². The summed E-state index contributed by atoms with van der Waals surface area (Å²) in [5.74, 6) is -1.20. The molecule has 2 aliphatic heterocycles. The molecule has 2 rings (SSSR count). The highest BCUT2D eigenvalue weighted by atomic mass is 16.4. The number of hydrogen-bond donors (Lipinski definition) is 2. The third kappa shape index (κ3) is 4.09.